The standard InChI is InChI=1S/C8H4N2O6S2/c11-5-9-17(13,14)7-2-1-3-8(4-7)18(15,16)10-6-12/h1-4H. The van der Waals surface area contributed by atoms with Gasteiger partial charge in [-0.15, -0.1) is 0 Å². The van der Waals surface area contributed by atoms with Crippen molar-refractivity contribution in [3.63, 3.8) is 0 Å². The van der Waals surface area contributed by atoms with Gasteiger partial charge in [-0.2, -0.15) is 16.8 Å². The number of rotatable bonds is 4. The van der Waals surface area contributed by atoms with Crippen molar-refractivity contribution in [2.75, 3.05) is 0 Å². The molecule has 0 atom stereocenters. The zero-order valence-corrected chi connectivity index (χ0v) is 10.1. The summed E-state index contributed by atoms with van der Waals surface area (Å²) >= 11 is 0. The van der Waals surface area contributed by atoms with Crippen LogP contribution in [0.1, 0.15) is 0 Å². The van der Waals surface area contributed by atoms with Crippen LogP contribution in [0, 0.1) is 0 Å². The predicted octanol–water partition coefficient (Wildman–Crippen LogP) is -0.264. The predicted molar refractivity (Wildman–Crippen MR) is 57.1 cm³/mol. The molecule has 0 spiro atoms. The molecule has 0 N–H and O–H groups in total. The minimum Gasteiger partial charge on any atom is -0.210 e. The summed E-state index contributed by atoms with van der Waals surface area (Å²) < 4.78 is 50.5. The number of isocyanates is 2. The van der Waals surface area contributed by atoms with Crippen LogP contribution >= 0.6 is 0 Å². The molecule has 0 aliphatic heterocycles. The van der Waals surface area contributed by atoms with Gasteiger partial charge in [0, 0.05) is 0 Å². The summed E-state index contributed by atoms with van der Waals surface area (Å²) in [4.78, 5) is 18.8. The van der Waals surface area contributed by atoms with Gasteiger partial charge in [0.1, 0.15) is 0 Å². The number of nitrogens with zero attached hydrogens (tertiary/aromatic N) is 2. The lowest BCUT2D eigenvalue weighted by Gasteiger charge is -1.99. The van der Waals surface area contributed by atoms with Gasteiger partial charge in [0.15, 0.2) is 0 Å². The maximum Gasteiger partial charge on any atom is 0.292 e. The van der Waals surface area contributed by atoms with Crippen LogP contribution in [0.25, 0.3) is 0 Å². The van der Waals surface area contributed by atoms with Crippen LogP contribution in [0.3, 0.4) is 0 Å². The minimum atomic E-state index is -4.31. The molecule has 8 nitrogen and oxygen atoms in total. The van der Waals surface area contributed by atoms with Crippen molar-refractivity contribution < 1.29 is 26.4 Å². The van der Waals surface area contributed by atoms with Gasteiger partial charge in [-0.25, -0.2) is 9.59 Å². The summed E-state index contributed by atoms with van der Waals surface area (Å²) in [7, 11) is -8.62. The van der Waals surface area contributed by atoms with E-state index in [1.165, 1.54) is 0 Å². The first-order valence-electron chi connectivity index (χ1n) is 4.12. The molecule has 0 saturated heterocycles. The van der Waals surface area contributed by atoms with E-state index in [0.29, 0.717) is 6.07 Å². The summed E-state index contributed by atoms with van der Waals surface area (Å²) in [6.07, 6.45) is 1.68. The molecule has 0 aliphatic carbocycles. The lowest BCUT2D eigenvalue weighted by atomic mass is 10.4. The van der Waals surface area contributed by atoms with Crippen LogP contribution in [0.4, 0.5) is 0 Å². The number of sulfonamides is 2. The third-order valence-corrected chi connectivity index (χ3v) is 4.05. The Labute approximate surface area is 102 Å². The molecule has 1 rings (SSSR count). The number of hydrogen-bond donors (Lipinski definition) is 0. The molecular formula is C8H4N2O6S2. The largest absolute Gasteiger partial charge is 0.292 e. The Morgan fingerprint density at radius 2 is 1.22 bits per heavy atom. The molecule has 0 fully saturated rings. The van der Waals surface area contributed by atoms with Gasteiger partial charge in [0.2, 0.25) is 0 Å². The average Bonchev–Trinajstić information content (AvgIpc) is 2.29. The highest BCUT2D eigenvalue weighted by molar-refractivity contribution is 7.91. The molecule has 94 valence electrons. The molecule has 0 saturated carbocycles. The molecule has 0 amide bonds. The Morgan fingerprint density at radius 3 is 1.56 bits per heavy atom. The molecule has 0 radical (unpaired) electrons. The van der Waals surface area contributed by atoms with Crippen LogP contribution < -0.4 is 0 Å². The Balaban J connectivity index is 3.50. The summed E-state index contributed by atoms with van der Waals surface area (Å²) in [5.41, 5.74) is 0. The second kappa shape index (κ2) is 5.03. The van der Waals surface area contributed by atoms with Crippen molar-refractivity contribution >= 4 is 32.2 Å². The van der Waals surface area contributed by atoms with Crippen molar-refractivity contribution in [2.45, 2.75) is 9.79 Å². The van der Waals surface area contributed by atoms with Gasteiger partial charge in [-0.05, 0) is 18.2 Å². The second-order valence-electron chi connectivity index (χ2n) is 2.79. The van der Waals surface area contributed by atoms with Crippen LogP contribution in [-0.4, -0.2) is 29.0 Å². The Bertz CT molecular complexity index is 704. The van der Waals surface area contributed by atoms with Gasteiger partial charge in [0.25, 0.3) is 32.2 Å². The van der Waals surface area contributed by atoms with Gasteiger partial charge in [-0.1, -0.05) is 14.9 Å². The second-order valence-corrected chi connectivity index (χ2v) is 6.00. The SMILES string of the molecule is O=C=NS(=O)(=O)c1cccc(S(=O)(=O)N=C=O)c1. The van der Waals surface area contributed by atoms with E-state index in [2.05, 4.69) is 8.80 Å². The minimum absolute atomic E-state index is 0.534. The van der Waals surface area contributed by atoms with E-state index in [9.17, 15) is 26.4 Å². The summed E-state index contributed by atoms with van der Waals surface area (Å²) in [5, 5.41) is 0. The van der Waals surface area contributed by atoms with E-state index < -0.39 is 29.8 Å². The lowest BCUT2D eigenvalue weighted by Crippen LogP contribution is -2.01. The van der Waals surface area contributed by atoms with Crippen molar-refractivity contribution in [3.05, 3.63) is 24.3 Å². The van der Waals surface area contributed by atoms with Crippen molar-refractivity contribution in [1.29, 1.82) is 0 Å². The third-order valence-electron chi connectivity index (χ3n) is 1.72. The molecule has 0 unspecified atom stereocenters. The average molecular weight is 288 g/mol. The van der Waals surface area contributed by atoms with E-state index >= 15 is 0 Å². The molecule has 0 heterocycles. The molecule has 18 heavy (non-hydrogen) atoms. The van der Waals surface area contributed by atoms with Crippen LogP contribution in [0.15, 0.2) is 42.9 Å². The fraction of sp³-hybridized carbons (Fsp3) is 0. The quantitative estimate of drug-likeness (QED) is 0.554. The molecule has 0 aromatic heterocycles. The van der Waals surface area contributed by atoms with E-state index in [1.807, 2.05) is 0 Å². The normalized spacial score (nSPS) is 11.1. The Hall–Kier alpha value is -2.12. The number of carbonyl (C=O) groups excluding carboxylic acids is 2. The van der Waals surface area contributed by atoms with E-state index in [1.54, 1.807) is 0 Å². The van der Waals surface area contributed by atoms with Crippen LogP contribution in [-0.2, 0) is 29.6 Å². The maximum absolute atomic E-state index is 11.3. The first-order valence-corrected chi connectivity index (χ1v) is 7.00. The van der Waals surface area contributed by atoms with Crippen molar-refractivity contribution in [2.24, 2.45) is 8.80 Å². The first-order chi connectivity index (χ1) is 8.33. The summed E-state index contributed by atoms with van der Waals surface area (Å²) in [5.74, 6) is 0. The van der Waals surface area contributed by atoms with Crippen molar-refractivity contribution in [1.82, 2.24) is 0 Å². The Morgan fingerprint density at radius 1 is 0.833 bits per heavy atom. The molecule has 0 bridgehead atoms. The van der Waals surface area contributed by atoms with E-state index in [-0.39, 0.29) is 0 Å². The topological polar surface area (TPSA) is 127 Å². The molecule has 1 aromatic rings. The highest BCUT2D eigenvalue weighted by Gasteiger charge is 2.18. The zero-order chi connectivity index (χ0) is 13.8. The van der Waals surface area contributed by atoms with E-state index in [4.69, 9.17) is 0 Å². The zero-order valence-electron chi connectivity index (χ0n) is 8.47. The molecule has 0 aliphatic rings. The van der Waals surface area contributed by atoms with Gasteiger partial charge in [0.05, 0.1) is 9.79 Å². The first kappa shape index (κ1) is 13.9. The highest BCUT2D eigenvalue weighted by Crippen LogP contribution is 2.18. The smallest absolute Gasteiger partial charge is 0.210 e. The maximum atomic E-state index is 11.3. The van der Waals surface area contributed by atoms with Crippen molar-refractivity contribution in [3.8, 4) is 0 Å². The monoisotopic (exact) mass is 288 g/mol. The molecule has 10 heteroatoms. The highest BCUT2D eigenvalue weighted by atomic mass is 32.2. The molecule has 1 aromatic carbocycles. The number of benzene rings is 1. The number of hydrogen-bond acceptors (Lipinski definition) is 6. The Kier molecular flexibility index (Phi) is 3.89. The van der Waals surface area contributed by atoms with Gasteiger partial charge in [-0.3, -0.25) is 0 Å². The van der Waals surface area contributed by atoms with E-state index in [0.717, 1.165) is 30.4 Å². The fourth-order valence-corrected chi connectivity index (χ4v) is 2.53. The summed E-state index contributed by atoms with van der Waals surface area (Å²) in [6.45, 7) is 0. The molecular weight excluding hydrogens is 284 g/mol. The van der Waals surface area contributed by atoms with Gasteiger partial charge < -0.3 is 0 Å². The van der Waals surface area contributed by atoms with Crippen LogP contribution in [0.5, 0.6) is 0 Å². The van der Waals surface area contributed by atoms with Crippen LogP contribution in [0.2, 0.25) is 0 Å². The fourth-order valence-electron chi connectivity index (χ4n) is 0.999. The lowest BCUT2D eigenvalue weighted by molar-refractivity contribution is 0.562. The third kappa shape index (κ3) is 2.96. The van der Waals surface area contributed by atoms with Gasteiger partial charge >= 0.3 is 0 Å². The summed E-state index contributed by atoms with van der Waals surface area (Å²) in [6, 6.07) is 3.87.